The van der Waals surface area contributed by atoms with Crippen LogP contribution < -0.4 is 5.73 Å². The Hall–Kier alpha value is -0.980. The van der Waals surface area contributed by atoms with E-state index in [0.29, 0.717) is 10.8 Å². The zero-order chi connectivity index (χ0) is 10.7. The van der Waals surface area contributed by atoms with E-state index in [1.54, 1.807) is 5.56 Å². The second kappa shape index (κ2) is 2.58. The summed E-state index contributed by atoms with van der Waals surface area (Å²) in [5.74, 6) is 0. The third-order valence-electron chi connectivity index (χ3n) is 4.80. The first-order chi connectivity index (χ1) is 7.04. The molecule has 3 aliphatic rings. The fraction of sp³-hybridized carbons (Fsp3) is 0.571. The summed E-state index contributed by atoms with van der Waals surface area (Å²) in [6.45, 7) is 4.82. The van der Waals surface area contributed by atoms with Gasteiger partial charge in [0.05, 0.1) is 0 Å². The van der Waals surface area contributed by atoms with Crippen LogP contribution in [-0.2, 0) is 10.8 Å². The van der Waals surface area contributed by atoms with Gasteiger partial charge in [0.1, 0.15) is 0 Å². The van der Waals surface area contributed by atoms with Crippen LogP contribution in [0.15, 0.2) is 18.2 Å². The molecule has 80 valence electrons. The highest BCUT2D eigenvalue weighted by atomic mass is 14.6. The van der Waals surface area contributed by atoms with Crippen LogP contribution in [0.1, 0.15) is 50.7 Å². The maximum Gasteiger partial charge on any atom is 0.0317 e. The summed E-state index contributed by atoms with van der Waals surface area (Å²) in [5.41, 5.74) is 10.8. The van der Waals surface area contributed by atoms with Crippen LogP contribution in [0.3, 0.4) is 0 Å². The van der Waals surface area contributed by atoms with Crippen molar-refractivity contribution in [3.63, 3.8) is 0 Å². The minimum absolute atomic E-state index is 0.405. The molecule has 0 radical (unpaired) electrons. The predicted molar refractivity (Wildman–Crippen MR) is 64.0 cm³/mol. The molecule has 1 fully saturated rings. The lowest BCUT2D eigenvalue weighted by molar-refractivity contribution is 0.188. The van der Waals surface area contributed by atoms with Crippen molar-refractivity contribution < 1.29 is 0 Å². The predicted octanol–water partition coefficient (Wildman–Crippen LogP) is 3.37. The minimum atomic E-state index is 0.405. The van der Waals surface area contributed by atoms with Crippen molar-refractivity contribution in [2.24, 2.45) is 0 Å². The third kappa shape index (κ3) is 1.09. The number of hydrogen-bond donors (Lipinski definition) is 1. The van der Waals surface area contributed by atoms with E-state index in [1.807, 2.05) is 0 Å². The average Bonchev–Trinajstić information content (AvgIpc) is 2.21. The van der Waals surface area contributed by atoms with E-state index in [-0.39, 0.29) is 0 Å². The highest BCUT2D eigenvalue weighted by molar-refractivity contribution is 5.53. The van der Waals surface area contributed by atoms with Gasteiger partial charge in [0.25, 0.3) is 0 Å². The monoisotopic (exact) mass is 201 g/mol. The first-order valence-electron chi connectivity index (χ1n) is 5.94. The quantitative estimate of drug-likeness (QED) is 0.640. The van der Waals surface area contributed by atoms with E-state index < -0.39 is 0 Å². The van der Waals surface area contributed by atoms with Crippen LogP contribution in [-0.4, -0.2) is 0 Å². The summed E-state index contributed by atoms with van der Waals surface area (Å²) in [6, 6.07) is 6.54. The van der Waals surface area contributed by atoms with Crippen molar-refractivity contribution in [3.05, 3.63) is 29.3 Å². The van der Waals surface area contributed by atoms with Crippen LogP contribution in [0.25, 0.3) is 0 Å². The Morgan fingerprint density at radius 3 is 2.07 bits per heavy atom. The molecule has 0 atom stereocenters. The van der Waals surface area contributed by atoms with Gasteiger partial charge in [0, 0.05) is 5.69 Å². The summed E-state index contributed by atoms with van der Waals surface area (Å²) >= 11 is 0. The third-order valence-corrected chi connectivity index (χ3v) is 4.80. The molecular formula is C14H19N. The molecule has 0 aliphatic heterocycles. The molecule has 1 nitrogen and oxygen atoms in total. The van der Waals surface area contributed by atoms with Gasteiger partial charge in [0.2, 0.25) is 0 Å². The molecule has 1 saturated carbocycles. The second-order valence-corrected chi connectivity index (χ2v) is 5.93. The zero-order valence-electron chi connectivity index (χ0n) is 9.64. The topological polar surface area (TPSA) is 26.0 Å². The van der Waals surface area contributed by atoms with E-state index >= 15 is 0 Å². The van der Waals surface area contributed by atoms with Crippen LogP contribution in [0, 0.1) is 0 Å². The van der Waals surface area contributed by atoms with Gasteiger partial charge in [0.15, 0.2) is 0 Å². The molecule has 0 heterocycles. The number of fused-ring (bicyclic) bond motifs is 2. The molecule has 1 aromatic carbocycles. The zero-order valence-corrected chi connectivity index (χ0v) is 9.64. The van der Waals surface area contributed by atoms with E-state index in [2.05, 4.69) is 32.0 Å². The lowest BCUT2D eigenvalue weighted by atomic mass is 9.52. The molecule has 3 aliphatic carbocycles. The molecule has 2 N–H and O–H groups in total. The maximum absolute atomic E-state index is 5.92. The molecule has 2 bridgehead atoms. The number of nitrogen functional groups attached to an aromatic ring is 1. The number of benzene rings is 1. The van der Waals surface area contributed by atoms with Gasteiger partial charge in [-0.05, 0) is 59.8 Å². The minimum Gasteiger partial charge on any atom is -0.399 e. The highest BCUT2D eigenvalue weighted by Crippen LogP contribution is 2.56. The molecule has 4 rings (SSSR count). The molecule has 1 aromatic rings. The molecular weight excluding hydrogens is 182 g/mol. The van der Waals surface area contributed by atoms with E-state index in [9.17, 15) is 0 Å². The Kier molecular flexibility index (Phi) is 1.59. The Morgan fingerprint density at radius 1 is 0.933 bits per heavy atom. The fourth-order valence-corrected chi connectivity index (χ4v) is 3.48. The maximum atomic E-state index is 5.92. The standard InChI is InChI=1S/C14H19N/c1-13-5-7-14(2,8-6-13)12-9-10(15)3-4-11(12)13/h3-4,9H,5-8,15H2,1-2H3. The summed E-state index contributed by atoms with van der Waals surface area (Å²) in [6.07, 6.45) is 5.36. The molecule has 1 heteroatoms. The van der Waals surface area contributed by atoms with Crippen molar-refractivity contribution in [3.8, 4) is 0 Å². The first-order valence-corrected chi connectivity index (χ1v) is 5.94. The van der Waals surface area contributed by atoms with E-state index in [4.69, 9.17) is 5.73 Å². The van der Waals surface area contributed by atoms with Gasteiger partial charge in [-0.2, -0.15) is 0 Å². The molecule has 0 aromatic heterocycles. The normalized spacial score (nSPS) is 37.7. The molecule has 0 spiro atoms. The summed E-state index contributed by atoms with van der Waals surface area (Å²) in [5, 5.41) is 0. The van der Waals surface area contributed by atoms with Gasteiger partial charge in [-0.15, -0.1) is 0 Å². The molecule has 0 unspecified atom stereocenters. The van der Waals surface area contributed by atoms with Crippen molar-refractivity contribution in [2.75, 3.05) is 5.73 Å². The average molecular weight is 201 g/mol. The lowest BCUT2D eigenvalue weighted by Gasteiger charge is -2.52. The summed E-state index contributed by atoms with van der Waals surface area (Å²) < 4.78 is 0. The number of rotatable bonds is 0. The van der Waals surface area contributed by atoms with Crippen molar-refractivity contribution >= 4 is 5.69 Å². The van der Waals surface area contributed by atoms with Crippen LogP contribution in [0.4, 0.5) is 5.69 Å². The Bertz CT molecular complexity index is 411. The number of hydrogen-bond acceptors (Lipinski definition) is 1. The number of nitrogens with two attached hydrogens (primary N) is 1. The first kappa shape index (κ1) is 9.26. The largest absolute Gasteiger partial charge is 0.399 e. The molecule has 0 saturated heterocycles. The number of anilines is 1. The summed E-state index contributed by atoms with van der Waals surface area (Å²) in [4.78, 5) is 0. The second-order valence-electron chi connectivity index (χ2n) is 5.93. The molecule has 15 heavy (non-hydrogen) atoms. The van der Waals surface area contributed by atoms with Crippen molar-refractivity contribution in [1.82, 2.24) is 0 Å². The van der Waals surface area contributed by atoms with E-state index in [1.165, 1.54) is 31.2 Å². The van der Waals surface area contributed by atoms with Crippen LogP contribution in [0.2, 0.25) is 0 Å². The van der Waals surface area contributed by atoms with Crippen LogP contribution >= 0.6 is 0 Å². The van der Waals surface area contributed by atoms with Crippen LogP contribution in [0.5, 0.6) is 0 Å². The van der Waals surface area contributed by atoms with Gasteiger partial charge < -0.3 is 5.73 Å². The Morgan fingerprint density at radius 2 is 1.47 bits per heavy atom. The Balaban J connectivity index is 2.28. The highest BCUT2D eigenvalue weighted by Gasteiger charge is 2.47. The van der Waals surface area contributed by atoms with Crippen molar-refractivity contribution in [1.29, 1.82) is 0 Å². The fourth-order valence-electron chi connectivity index (χ4n) is 3.48. The molecule has 0 amide bonds. The lowest BCUT2D eigenvalue weighted by Crippen LogP contribution is -2.44. The van der Waals surface area contributed by atoms with Gasteiger partial charge in [-0.1, -0.05) is 19.9 Å². The van der Waals surface area contributed by atoms with Gasteiger partial charge in [-0.3, -0.25) is 0 Å². The van der Waals surface area contributed by atoms with Crippen molar-refractivity contribution in [2.45, 2.75) is 50.4 Å². The van der Waals surface area contributed by atoms with Gasteiger partial charge in [-0.25, -0.2) is 0 Å². The summed E-state index contributed by atoms with van der Waals surface area (Å²) in [7, 11) is 0. The SMILES string of the molecule is CC12CCC(C)(CC1)c1cc(N)ccc12. The van der Waals surface area contributed by atoms with Gasteiger partial charge >= 0.3 is 0 Å². The Labute approximate surface area is 91.7 Å². The smallest absolute Gasteiger partial charge is 0.0317 e. The van der Waals surface area contributed by atoms with E-state index in [0.717, 1.165) is 5.69 Å².